The average Bonchev–Trinajstić information content (AvgIpc) is 2.53. The van der Waals surface area contributed by atoms with Crippen LogP contribution in [0.4, 0.5) is 0 Å². The predicted molar refractivity (Wildman–Crippen MR) is 81.8 cm³/mol. The number of carbonyl (C=O) groups excluding carboxylic acids is 1. The number of hydrazine groups is 1. The maximum absolute atomic E-state index is 12.0. The van der Waals surface area contributed by atoms with Gasteiger partial charge in [-0.25, -0.2) is 10.9 Å². The van der Waals surface area contributed by atoms with E-state index in [9.17, 15) is 4.79 Å². The Kier molecular flexibility index (Phi) is 5.43. The molecule has 0 aliphatic heterocycles. The van der Waals surface area contributed by atoms with Crippen molar-refractivity contribution < 1.29 is 4.79 Å². The molecule has 5 nitrogen and oxygen atoms in total. The van der Waals surface area contributed by atoms with E-state index in [1.807, 2.05) is 0 Å². The van der Waals surface area contributed by atoms with Gasteiger partial charge in [0.15, 0.2) is 5.11 Å². The maximum Gasteiger partial charge on any atom is 0.292 e. The van der Waals surface area contributed by atoms with Crippen LogP contribution in [0.1, 0.15) is 42.6 Å². The van der Waals surface area contributed by atoms with Gasteiger partial charge in [0.2, 0.25) is 0 Å². The van der Waals surface area contributed by atoms with E-state index >= 15 is 0 Å². The van der Waals surface area contributed by atoms with Gasteiger partial charge in [0.1, 0.15) is 5.69 Å². The van der Waals surface area contributed by atoms with Gasteiger partial charge in [-0.05, 0) is 43.1 Å². The van der Waals surface area contributed by atoms with Crippen molar-refractivity contribution in [3.8, 4) is 0 Å². The van der Waals surface area contributed by atoms with E-state index in [0.717, 1.165) is 11.6 Å². The average molecular weight is 292 g/mol. The lowest BCUT2D eigenvalue weighted by molar-refractivity contribution is 0.0840. The summed E-state index contributed by atoms with van der Waals surface area (Å²) >= 11 is 5.16. The van der Waals surface area contributed by atoms with E-state index in [0.29, 0.717) is 5.92 Å². The summed E-state index contributed by atoms with van der Waals surface area (Å²) in [5.41, 5.74) is 0.289. The van der Waals surface area contributed by atoms with Gasteiger partial charge in [0, 0.05) is 12.7 Å². The Morgan fingerprint density at radius 1 is 1.40 bits per heavy atom. The molecule has 3 N–H and O–H groups in total. The second-order valence-electron chi connectivity index (χ2n) is 5.08. The van der Waals surface area contributed by atoms with Gasteiger partial charge in [-0.1, -0.05) is 25.3 Å². The van der Waals surface area contributed by atoms with Crippen molar-refractivity contribution in [2.45, 2.75) is 32.1 Å². The summed E-state index contributed by atoms with van der Waals surface area (Å²) < 4.78 is 0. The highest BCUT2D eigenvalue weighted by molar-refractivity contribution is 7.80. The number of aromatic nitrogens is 1. The number of nitrogens with zero attached hydrogens (tertiary/aromatic N) is 2. The molecule has 1 aliphatic rings. The highest BCUT2D eigenvalue weighted by Gasteiger charge is 2.19. The minimum atomic E-state index is -0.397. The minimum Gasteiger partial charge on any atom is -0.361 e. The summed E-state index contributed by atoms with van der Waals surface area (Å²) in [6.45, 7) is 0.780. The van der Waals surface area contributed by atoms with Crippen LogP contribution in [-0.2, 0) is 0 Å². The standard InChI is InChI=1S/C14H20N4OS/c15-18(13(19)12-8-4-5-9-16-12)14(20)17-10-11-6-2-1-3-7-11/h4-5,8-9,11H,1-3,6-7,10,15H2,(H,17,20). The van der Waals surface area contributed by atoms with Crippen molar-refractivity contribution in [1.29, 1.82) is 0 Å². The third kappa shape index (κ3) is 3.98. The number of amides is 1. The molecule has 0 saturated heterocycles. The van der Waals surface area contributed by atoms with Crippen molar-refractivity contribution in [3.05, 3.63) is 30.1 Å². The molecule has 108 valence electrons. The van der Waals surface area contributed by atoms with Crippen LogP contribution in [0.5, 0.6) is 0 Å². The fraction of sp³-hybridized carbons (Fsp3) is 0.500. The SMILES string of the molecule is NN(C(=O)c1ccccn1)C(=S)NCC1CCCCC1. The van der Waals surface area contributed by atoms with Gasteiger partial charge in [0.25, 0.3) is 5.91 Å². The molecule has 0 spiro atoms. The molecule has 1 aromatic heterocycles. The molecule has 6 heteroatoms. The van der Waals surface area contributed by atoms with E-state index in [-0.39, 0.29) is 10.8 Å². The number of rotatable bonds is 3. The van der Waals surface area contributed by atoms with Crippen molar-refractivity contribution in [3.63, 3.8) is 0 Å². The first-order chi connectivity index (χ1) is 9.68. The topological polar surface area (TPSA) is 71.2 Å². The summed E-state index contributed by atoms with van der Waals surface area (Å²) in [4.78, 5) is 16.0. The largest absolute Gasteiger partial charge is 0.361 e. The van der Waals surface area contributed by atoms with Crippen molar-refractivity contribution in [1.82, 2.24) is 15.3 Å². The first-order valence-electron chi connectivity index (χ1n) is 6.96. The predicted octanol–water partition coefficient (Wildman–Crippen LogP) is 1.85. The van der Waals surface area contributed by atoms with Crippen LogP contribution in [-0.4, -0.2) is 27.6 Å². The fourth-order valence-corrected chi connectivity index (χ4v) is 2.58. The zero-order chi connectivity index (χ0) is 14.4. The molecule has 0 radical (unpaired) electrons. The van der Waals surface area contributed by atoms with E-state index in [4.69, 9.17) is 18.1 Å². The Balaban J connectivity index is 1.83. The Labute approximate surface area is 124 Å². The molecule has 2 rings (SSSR count). The molecule has 1 fully saturated rings. The quantitative estimate of drug-likeness (QED) is 0.385. The lowest BCUT2D eigenvalue weighted by atomic mass is 9.89. The van der Waals surface area contributed by atoms with E-state index in [1.54, 1.807) is 24.4 Å². The third-order valence-corrected chi connectivity index (χ3v) is 3.93. The van der Waals surface area contributed by atoms with Crippen LogP contribution >= 0.6 is 12.2 Å². The molecule has 0 aromatic carbocycles. The van der Waals surface area contributed by atoms with E-state index < -0.39 is 5.91 Å². The van der Waals surface area contributed by atoms with Crippen molar-refractivity contribution in [2.24, 2.45) is 11.8 Å². The van der Waals surface area contributed by atoms with Gasteiger partial charge in [0.05, 0.1) is 0 Å². The van der Waals surface area contributed by atoms with Gasteiger partial charge in [-0.2, -0.15) is 0 Å². The number of thiocarbonyl (C=S) groups is 1. The maximum atomic E-state index is 12.0. The third-order valence-electron chi connectivity index (χ3n) is 3.59. The number of hydrogen-bond donors (Lipinski definition) is 2. The van der Waals surface area contributed by atoms with Crippen molar-refractivity contribution >= 4 is 23.2 Å². The summed E-state index contributed by atoms with van der Waals surface area (Å²) in [5.74, 6) is 5.98. The van der Waals surface area contributed by atoms with Crippen molar-refractivity contribution in [2.75, 3.05) is 6.54 Å². The molecule has 1 heterocycles. The van der Waals surface area contributed by atoms with E-state index in [1.165, 1.54) is 32.1 Å². The second kappa shape index (κ2) is 7.31. The van der Waals surface area contributed by atoms with Crippen LogP contribution in [0.2, 0.25) is 0 Å². The molecular formula is C14H20N4OS. The summed E-state index contributed by atoms with van der Waals surface area (Å²) in [7, 11) is 0. The van der Waals surface area contributed by atoms with E-state index in [2.05, 4.69) is 10.3 Å². The highest BCUT2D eigenvalue weighted by atomic mass is 32.1. The molecule has 1 saturated carbocycles. The zero-order valence-corrected chi connectivity index (χ0v) is 12.2. The molecule has 0 atom stereocenters. The minimum absolute atomic E-state index is 0.256. The Morgan fingerprint density at radius 2 is 2.15 bits per heavy atom. The number of nitrogens with two attached hydrogens (primary N) is 1. The molecule has 20 heavy (non-hydrogen) atoms. The first-order valence-corrected chi connectivity index (χ1v) is 7.37. The highest BCUT2D eigenvalue weighted by Crippen LogP contribution is 2.22. The van der Waals surface area contributed by atoms with Gasteiger partial charge in [-0.3, -0.25) is 9.78 Å². The monoisotopic (exact) mass is 292 g/mol. The summed E-state index contributed by atoms with van der Waals surface area (Å²) in [5, 5.41) is 4.30. The van der Waals surface area contributed by atoms with Gasteiger partial charge >= 0.3 is 0 Å². The van der Waals surface area contributed by atoms with Crippen LogP contribution in [0.3, 0.4) is 0 Å². The Bertz CT molecular complexity index is 460. The number of hydrogen-bond acceptors (Lipinski definition) is 4. The Morgan fingerprint density at radius 3 is 2.80 bits per heavy atom. The fourth-order valence-electron chi connectivity index (χ4n) is 2.41. The molecule has 1 amide bonds. The van der Waals surface area contributed by atoms with Crippen LogP contribution in [0.25, 0.3) is 0 Å². The lowest BCUT2D eigenvalue weighted by Crippen LogP contribution is -2.49. The van der Waals surface area contributed by atoms with Crippen LogP contribution in [0, 0.1) is 5.92 Å². The summed E-state index contributed by atoms with van der Waals surface area (Å²) in [6, 6.07) is 5.11. The Hall–Kier alpha value is -1.53. The molecule has 1 aliphatic carbocycles. The first kappa shape index (κ1) is 14.9. The zero-order valence-electron chi connectivity index (χ0n) is 11.4. The summed E-state index contributed by atoms with van der Waals surface area (Å²) in [6.07, 6.45) is 7.86. The van der Waals surface area contributed by atoms with Crippen LogP contribution in [0.15, 0.2) is 24.4 Å². The van der Waals surface area contributed by atoms with Gasteiger partial charge < -0.3 is 5.32 Å². The number of pyridine rings is 1. The van der Waals surface area contributed by atoms with Gasteiger partial charge in [-0.15, -0.1) is 0 Å². The van der Waals surface area contributed by atoms with Crippen LogP contribution < -0.4 is 11.2 Å². The second-order valence-corrected chi connectivity index (χ2v) is 5.47. The normalized spacial score (nSPS) is 15.7. The molecule has 1 aromatic rings. The number of carbonyl (C=O) groups is 1. The molecule has 0 unspecified atom stereocenters. The lowest BCUT2D eigenvalue weighted by Gasteiger charge is -2.24. The molecule has 0 bridgehead atoms. The number of nitrogens with one attached hydrogen (secondary N) is 1. The smallest absolute Gasteiger partial charge is 0.292 e. The molecular weight excluding hydrogens is 272 g/mol.